The van der Waals surface area contributed by atoms with Crippen LogP contribution >= 0.6 is 11.8 Å². The van der Waals surface area contributed by atoms with Crippen LogP contribution in [-0.2, 0) is 11.3 Å². The Morgan fingerprint density at radius 1 is 1.35 bits per heavy atom. The van der Waals surface area contributed by atoms with E-state index in [1.165, 1.54) is 0 Å². The average Bonchev–Trinajstić information content (AvgIpc) is 3.20. The Balaban J connectivity index is 1.55. The van der Waals surface area contributed by atoms with Crippen molar-refractivity contribution in [1.82, 2.24) is 14.9 Å². The van der Waals surface area contributed by atoms with E-state index in [0.717, 1.165) is 22.6 Å². The van der Waals surface area contributed by atoms with E-state index in [-0.39, 0.29) is 11.2 Å². The van der Waals surface area contributed by atoms with Crippen LogP contribution in [0.1, 0.15) is 23.8 Å². The van der Waals surface area contributed by atoms with Crippen molar-refractivity contribution in [2.24, 2.45) is 0 Å². The van der Waals surface area contributed by atoms with E-state index in [4.69, 9.17) is 4.42 Å². The van der Waals surface area contributed by atoms with Crippen molar-refractivity contribution >= 4 is 28.7 Å². The third-order valence-corrected chi connectivity index (χ3v) is 4.79. The molecule has 23 heavy (non-hydrogen) atoms. The molecule has 2 heterocycles. The maximum absolute atomic E-state index is 12.2. The normalized spacial score (nSPS) is 12.4. The standard InChI is InChI=1S/C17H19N3O2S/c1-12(17-18-14-7-3-4-8-15(14)19-17)23-11-16(21)20(2)10-13-6-5-9-22-13/h3-9,12H,10-11H2,1-2H3,(H,18,19). The minimum atomic E-state index is 0.0781. The number of hydrogen-bond acceptors (Lipinski definition) is 4. The number of imidazole rings is 1. The molecule has 0 fully saturated rings. The Bertz CT molecular complexity index is 749. The summed E-state index contributed by atoms with van der Waals surface area (Å²) < 4.78 is 5.27. The number of rotatable bonds is 6. The summed E-state index contributed by atoms with van der Waals surface area (Å²) in [6, 6.07) is 11.6. The van der Waals surface area contributed by atoms with Gasteiger partial charge >= 0.3 is 0 Å². The predicted octanol–water partition coefficient (Wildman–Crippen LogP) is 3.61. The number of furan rings is 1. The zero-order valence-electron chi connectivity index (χ0n) is 13.2. The van der Waals surface area contributed by atoms with Crippen molar-refractivity contribution < 1.29 is 9.21 Å². The van der Waals surface area contributed by atoms with Crippen molar-refractivity contribution in [2.75, 3.05) is 12.8 Å². The molecule has 3 rings (SSSR count). The van der Waals surface area contributed by atoms with E-state index < -0.39 is 0 Å². The highest BCUT2D eigenvalue weighted by atomic mass is 32.2. The van der Waals surface area contributed by atoms with Gasteiger partial charge in [-0.1, -0.05) is 12.1 Å². The second-order valence-corrected chi connectivity index (χ2v) is 6.75. The van der Waals surface area contributed by atoms with Gasteiger partial charge in [0.05, 0.1) is 34.8 Å². The molecule has 1 amide bonds. The van der Waals surface area contributed by atoms with Crippen LogP contribution in [0.25, 0.3) is 11.0 Å². The highest BCUT2D eigenvalue weighted by Crippen LogP contribution is 2.27. The van der Waals surface area contributed by atoms with Gasteiger partial charge in [-0.25, -0.2) is 4.98 Å². The summed E-state index contributed by atoms with van der Waals surface area (Å²) in [5.41, 5.74) is 1.98. The molecule has 5 nitrogen and oxygen atoms in total. The van der Waals surface area contributed by atoms with E-state index in [1.807, 2.05) is 36.4 Å². The minimum absolute atomic E-state index is 0.0781. The molecule has 0 aliphatic heterocycles. The number of thioether (sulfide) groups is 1. The van der Waals surface area contributed by atoms with E-state index in [2.05, 4.69) is 16.9 Å². The molecule has 0 saturated carbocycles. The number of hydrogen-bond donors (Lipinski definition) is 1. The number of carbonyl (C=O) groups excluding carboxylic acids is 1. The summed E-state index contributed by atoms with van der Waals surface area (Å²) in [7, 11) is 1.79. The number of aromatic amines is 1. The summed E-state index contributed by atoms with van der Waals surface area (Å²) in [6.07, 6.45) is 1.62. The molecule has 2 aromatic heterocycles. The Labute approximate surface area is 139 Å². The van der Waals surface area contributed by atoms with Gasteiger partial charge in [-0.3, -0.25) is 4.79 Å². The molecule has 0 saturated heterocycles. The van der Waals surface area contributed by atoms with Gasteiger partial charge in [-0.15, -0.1) is 11.8 Å². The first-order chi connectivity index (χ1) is 11.1. The molecular weight excluding hydrogens is 310 g/mol. The fraction of sp³-hybridized carbons (Fsp3) is 0.294. The molecule has 0 aliphatic rings. The topological polar surface area (TPSA) is 62.1 Å². The molecule has 120 valence electrons. The number of para-hydroxylation sites is 2. The van der Waals surface area contributed by atoms with Crippen molar-refractivity contribution in [3.05, 3.63) is 54.2 Å². The van der Waals surface area contributed by atoms with Crippen LogP contribution in [-0.4, -0.2) is 33.6 Å². The lowest BCUT2D eigenvalue weighted by Crippen LogP contribution is -2.27. The minimum Gasteiger partial charge on any atom is -0.467 e. The Kier molecular flexibility index (Phi) is 4.71. The maximum atomic E-state index is 12.2. The van der Waals surface area contributed by atoms with Gasteiger partial charge in [-0.2, -0.15) is 0 Å². The SMILES string of the molecule is CC(SCC(=O)N(C)Cc1ccco1)c1nc2ccccc2[nH]1. The molecule has 1 unspecified atom stereocenters. The van der Waals surface area contributed by atoms with E-state index >= 15 is 0 Å². The lowest BCUT2D eigenvalue weighted by Gasteiger charge is -2.16. The predicted molar refractivity (Wildman–Crippen MR) is 92.1 cm³/mol. The van der Waals surface area contributed by atoms with Crippen LogP contribution in [0.3, 0.4) is 0 Å². The Morgan fingerprint density at radius 2 is 2.17 bits per heavy atom. The van der Waals surface area contributed by atoms with Gasteiger partial charge in [0.15, 0.2) is 0 Å². The van der Waals surface area contributed by atoms with Crippen molar-refractivity contribution in [2.45, 2.75) is 18.7 Å². The van der Waals surface area contributed by atoms with Gasteiger partial charge in [0.25, 0.3) is 0 Å². The van der Waals surface area contributed by atoms with Crippen LogP contribution in [0.5, 0.6) is 0 Å². The van der Waals surface area contributed by atoms with E-state index in [1.54, 1.807) is 30.0 Å². The van der Waals surface area contributed by atoms with Crippen molar-refractivity contribution in [3.8, 4) is 0 Å². The smallest absolute Gasteiger partial charge is 0.232 e. The second kappa shape index (κ2) is 6.91. The number of fused-ring (bicyclic) bond motifs is 1. The molecular formula is C17H19N3O2S. The monoisotopic (exact) mass is 329 g/mol. The van der Waals surface area contributed by atoms with Gasteiger partial charge in [0.2, 0.25) is 5.91 Å². The van der Waals surface area contributed by atoms with Gasteiger partial charge in [-0.05, 0) is 31.2 Å². The number of amides is 1. The molecule has 0 radical (unpaired) electrons. The maximum Gasteiger partial charge on any atom is 0.232 e. The van der Waals surface area contributed by atoms with E-state index in [9.17, 15) is 4.79 Å². The lowest BCUT2D eigenvalue weighted by molar-refractivity contribution is -0.127. The number of benzene rings is 1. The average molecular weight is 329 g/mol. The molecule has 1 aromatic carbocycles. The van der Waals surface area contributed by atoms with Gasteiger partial charge in [0, 0.05) is 7.05 Å². The summed E-state index contributed by atoms with van der Waals surface area (Å²) in [4.78, 5) is 21.8. The number of aromatic nitrogens is 2. The highest BCUT2D eigenvalue weighted by Gasteiger charge is 2.16. The third kappa shape index (κ3) is 3.76. The summed E-state index contributed by atoms with van der Waals surface area (Å²) in [5.74, 6) is 2.18. The summed E-state index contributed by atoms with van der Waals surface area (Å²) in [6.45, 7) is 2.55. The largest absolute Gasteiger partial charge is 0.467 e. The number of nitrogens with one attached hydrogen (secondary N) is 1. The molecule has 3 aromatic rings. The molecule has 1 atom stereocenters. The fourth-order valence-electron chi connectivity index (χ4n) is 2.27. The number of H-pyrrole nitrogens is 1. The second-order valence-electron chi connectivity index (χ2n) is 5.42. The first-order valence-electron chi connectivity index (χ1n) is 7.46. The van der Waals surface area contributed by atoms with E-state index in [0.29, 0.717) is 12.3 Å². The Hall–Kier alpha value is -2.21. The van der Waals surface area contributed by atoms with Crippen LogP contribution < -0.4 is 0 Å². The molecule has 0 aliphatic carbocycles. The van der Waals surface area contributed by atoms with Crippen LogP contribution in [0, 0.1) is 0 Å². The quantitative estimate of drug-likeness (QED) is 0.750. The summed E-state index contributed by atoms with van der Waals surface area (Å²) >= 11 is 1.58. The lowest BCUT2D eigenvalue weighted by atomic mass is 10.3. The van der Waals surface area contributed by atoms with Crippen LogP contribution in [0.4, 0.5) is 0 Å². The summed E-state index contributed by atoms with van der Waals surface area (Å²) in [5, 5.41) is 0.128. The third-order valence-electron chi connectivity index (χ3n) is 3.65. The zero-order valence-corrected chi connectivity index (χ0v) is 14.0. The van der Waals surface area contributed by atoms with Crippen LogP contribution in [0.15, 0.2) is 47.1 Å². The molecule has 1 N–H and O–H groups in total. The van der Waals surface area contributed by atoms with Crippen molar-refractivity contribution in [1.29, 1.82) is 0 Å². The van der Waals surface area contributed by atoms with Crippen LogP contribution in [0.2, 0.25) is 0 Å². The first kappa shape index (κ1) is 15.7. The number of carbonyl (C=O) groups is 1. The van der Waals surface area contributed by atoms with Crippen molar-refractivity contribution in [3.63, 3.8) is 0 Å². The zero-order chi connectivity index (χ0) is 16.2. The number of nitrogens with zero attached hydrogens (tertiary/aromatic N) is 2. The van der Waals surface area contributed by atoms with Gasteiger partial charge < -0.3 is 14.3 Å². The highest BCUT2D eigenvalue weighted by molar-refractivity contribution is 8.00. The first-order valence-corrected chi connectivity index (χ1v) is 8.51. The Morgan fingerprint density at radius 3 is 2.91 bits per heavy atom. The fourth-order valence-corrected chi connectivity index (χ4v) is 3.16. The van der Waals surface area contributed by atoms with Gasteiger partial charge in [0.1, 0.15) is 11.6 Å². The molecule has 6 heteroatoms. The molecule has 0 spiro atoms. The molecule has 0 bridgehead atoms.